The fourth-order valence-corrected chi connectivity index (χ4v) is 10.3. The van der Waals surface area contributed by atoms with Crippen LogP contribution in [0.4, 0.5) is 0 Å². The summed E-state index contributed by atoms with van der Waals surface area (Å²) < 4.78 is 68.0. The Kier molecular flexibility index (Phi) is 68.4. The molecule has 0 rings (SSSR count). The van der Waals surface area contributed by atoms with E-state index >= 15 is 0 Å². The van der Waals surface area contributed by atoms with Crippen LogP contribution in [0.25, 0.3) is 0 Å². The van der Waals surface area contributed by atoms with Crippen molar-refractivity contribution < 1.29 is 80.2 Å². The predicted octanol–water partition coefficient (Wildman–Crippen LogP) is 21.5. The number of carbonyl (C=O) groups excluding carboxylic acids is 4. The lowest BCUT2D eigenvalue weighted by atomic mass is 10.1. The van der Waals surface area contributed by atoms with E-state index in [1.807, 2.05) is 48.6 Å². The molecule has 0 saturated heterocycles. The van der Waals surface area contributed by atoms with Gasteiger partial charge in [-0.25, -0.2) is 9.13 Å². The maximum Gasteiger partial charge on any atom is 0.472 e. The molecule has 0 heterocycles. The Bertz CT molecular complexity index is 2750. The fourth-order valence-electron chi connectivity index (χ4n) is 8.74. The van der Waals surface area contributed by atoms with Crippen molar-refractivity contribution in [2.24, 2.45) is 0 Å². The van der Waals surface area contributed by atoms with Gasteiger partial charge in [-0.3, -0.25) is 37.3 Å². The molecule has 5 atom stereocenters. The molecule has 0 spiro atoms. The van der Waals surface area contributed by atoms with Crippen molar-refractivity contribution in [2.45, 2.75) is 251 Å². The van der Waals surface area contributed by atoms with E-state index in [1.165, 1.54) is 25.7 Å². The van der Waals surface area contributed by atoms with E-state index in [0.717, 1.165) is 122 Å². The summed E-state index contributed by atoms with van der Waals surface area (Å²) >= 11 is 0. The first kappa shape index (κ1) is 95.6. The zero-order chi connectivity index (χ0) is 74.6. The van der Waals surface area contributed by atoms with Crippen LogP contribution in [0.3, 0.4) is 0 Å². The van der Waals surface area contributed by atoms with Gasteiger partial charge in [-0.2, -0.15) is 0 Å². The third-order valence-electron chi connectivity index (χ3n) is 14.3. The number of phosphoric acid groups is 2. The van der Waals surface area contributed by atoms with Gasteiger partial charge in [-0.05, 0) is 141 Å². The van der Waals surface area contributed by atoms with Gasteiger partial charge >= 0.3 is 39.5 Å². The summed E-state index contributed by atoms with van der Waals surface area (Å²) in [5.41, 5.74) is 0. The Hall–Kier alpha value is -6.36. The lowest BCUT2D eigenvalue weighted by Crippen LogP contribution is -2.30. The van der Waals surface area contributed by atoms with Crippen LogP contribution in [0.2, 0.25) is 0 Å². The van der Waals surface area contributed by atoms with E-state index < -0.39 is 97.5 Å². The number of carbonyl (C=O) groups is 4. The number of phosphoric ester groups is 2. The Morgan fingerprint density at radius 3 is 0.951 bits per heavy atom. The Balaban J connectivity index is 5.58. The van der Waals surface area contributed by atoms with Gasteiger partial charge in [0.25, 0.3) is 0 Å². The second kappa shape index (κ2) is 73.0. The summed E-state index contributed by atoms with van der Waals surface area (Å²) in [6, 6.07) is 0. The average Bonchev–Trinajstić information content (AvgIpc) is 0.924. The number of hydrogen-bond acceptors (Lipinski definition) is 15. The molecule has 0 fully saturated rings. The lowest BCUT2D eigenvalue weighted by molar-refractivity contribution is -0.160. The van der Waals surface area contributed by atoms with E-state index in [4.69, 9.17) is 37.0 Å². The largest absolute Gasteiger partial charge is 0.472 e. The van der Waals surface area contributed by atoms with Crippen LogP contribution < -0.4 is 0 Å². The molecule has 0 aromatic heterocycles. The molecular formula is C83H128O17P2. The second-order valence-corrected chi connectivity index (χ2v) is 26.7. The Labute approximate surface area is 614 Å². The Morgan fingerprint density at radius 1 is 0.294 bits per heavy atom. The van der Waals surface area contributed by atoms with E-state index in [9.17, 15) is 43.2 Å². The van der Waals surface area contributed by atoms with Crippen molar-refractivity contribution in [2.75, 3.05) is 39.6 Å². The third kappa shape index (κ3) is 72.0. The smallest absolute Gasteiger partial charge is 0.462 e. The standard InChI is InChI=1S/C83H128O17P2/c1-5-9-13-17-21-25-29-33-36-37-38-39-42-45-48-52-56-60-64-68-81(86)94-74-79(100-83(88)70-66-62-58-54-50-46-41-35-31-27-23-19-15-11-7-3)76-98-102(91,92)96-72-77(84)71-95-101(89,90)97-75-78(99-82(87)69-65-61-57-53-49-43-32-28-24-20-16-12-8-4)73-93-80(85)67-63-59-55-51-47-44-40-34-30-26-22-18-14-10-6-2/h9-11,13-15,21-23,25-28,32-36,38-41,45,47-48,50-51,54,56,59-60,62-63,66,77-79,84H,5-8,12,16-20,24,29-31,37,42-44,46,49,52-53,55,57-58,61,64-65,67-76H2,1-4H3,(H,89,90)(H,91,92)/b13-9-,14-10-,15-11-,25-21-,26-22-,27-23-,32-28-,36-33-,39-38-,40-34-,41-35-,48-45-,51-47-,54-50-,60-56-,63-59-,66-62-. The fraction of sp³-hybridized carbons (Fsp3) is 0.542. The number of esters is 4. The lowest BCUT2D eigenvalue weighted by Gasteiger charge is -2.21. The van der Waals surface area contributed by atoms with E-state index in [1.54, 1.807) is 18.2 Å². The topological polar surface area (TPSA) is 237 Å². The predicted molar refractivity (Wildman–Crippen MR) is 417 cm³/mol. The number of aliphatic hydroxyl groups excluding tert-OH is 1. The molecule has 0 aromatic rings. The highest BCUT2D eigenvalue weighted by molar-refractivity contribution is 7.47. The van der Waals surface area contributed by atoms with Gasteiger partial charge in [-0.15, -0.1) is 0 Å². The van der Waals surface area contributed by atoms with Crippen molar-refractivity contribution in [1.29, 1.82) is 0 Å². The minimum atomic E-state index is -5.03. The summed E-state index contributed by atoms with van der Waals surface area (Å²) in [7, 11) is -10.0. The molecule has 0 amide bonds. The van der Waals surface area contributed by atoms with Crippen LogP contribution in [0.15, 0.2) is 207 Å². The van der Waals surface area contributed by atoms with Crippen LogP contribution in [0.5, 0.6) is 0 Å². The molecule has 0 bridgehead atoms. The van der Waals surface area contributed by atoms with Crippen molar-refractivity contribution in [3.8, 4) is 0 Å². The van der Waals surface area contributed by atoms with Crippen LogP contribution in [-0.4, -0.2) is 96.7 Å². The molecule has 0 aromatic carbocycles. The summed E-state index contributed by atoms with van der Waals surface area (Å²) in [6.45, 7) is 4.12. The van der Waals surface area contributed by atoms with Crippen LogP contribution >= 0.6 is 15.6 Å². The van der Waals surface area contributed by atoms with Crippen LogP contribution in [0, 0.1) is 0 Å². The molecule has 3 N–H and O–H groups in total. The van der Waals surface area contributed by atoms with Gasteiger partial charge in [0.15, 0.2) is 12.2 Å². The van der Waals surface area contributed by atoms with Gasteiger partial charge in [-0.1, -0.05) is 273 Å². The number of rotatable bonds is 67. The van der Waals surface area contributed by atoms with E-state index in [-0.39, 0.29) is 25.7 Å². The zero-order valence-corrected chi connectivity index (χ0v) is 64.0. The molecule has 0 aliphatic carbocycles. The first-order valence-electron chi connectivity index (χ1n) is 37.3. The number of unbranched alkanes of at least 4 members (excludes halogenated alkanes) is 9. The second-order valence-electron chi connectivity index (χ2n) is 23.8. The zero-order valence-electron chi connectivity index (χ0n) is 62.2. The van der Waals surface area contributed by atoms with Gasteiger partial charge in [0, 0.05) is 12.8 Å². The maximum absolute atomic E-state index is 13.1. The number of ether oxygens (including phenoxy) is 4. The van der Waals surface area contributed by atoms with Crippen molar-refractivity contribution >= 4 is 39.5 Å². The normalized spacial score (nSPS) is 15.1. The molecule has 572 valence electrons. The highest BCUT2D eigenvalue weighted by Crippen LogP contribution is 2.45. The van der Waals surface area contributed by atoms with Gasteiger partial charge in [0.1, 0.15) is 19.3 Å². The minimum Gasteiger partial charge on any atom is -0.462 e. The Morgan fingerprint density at radius 2 is 0.578 bits per heavy atom. The van der Waals surface area contributed by atoms with E-state index in [0.29, 0.717) is 32.1 Å². The van der Waals surface area contributed by atoms with Crippen LogP contribution in [-0.2, 0) is 65.4 Å². The highest BCUT2D eigenvalue weighted by atomic mass is 31.2. The SMILES string of the molecule is CC/C=C\C/C=C\C/C=C\C/C=C\C/C=C\C/C=C\CCC(=O)OCC(COP(=O)(O)OCC(O)COP(=O)(O)OCC(COC(=O)C/C=C\C/C=C\C/C=C\C/C=C\C/C=C\CC)OC(=O)CCCCCCC/C=C\CCCCCC)OC(=O)C/C=C\C/C=C\C/C=C\C/C=C\C/C=C\CC. The first-order chi connectivity index (χ1) is 49.7. The molecule has 102 heavy (non-hydrogen) atoms. The van der Waals surface area contributed by atoms with E-state index in [2.05, 4.69) is 167 Å². The summed E-state index contributed by atoms with van der Waals surface area (Å²) in [6.07, 6.45) is 90.5. The monoisotopic (exact) mass is 1460 g/mol. The van der Waals surface area contributed by atoms with Crippen molar-refractivity contribution in [1.82, 2.24) is 0 Å². The van der Waals surface area contributed by atoms with Crippen molar-refractivity contribution in [3.63, 3.8) is 0 Å². The van der Waals surface area contributed by atoms with Gasteiger partial charge in [0.2, 0.25) is 0 Å². The molecular weight excluding hydrogens is 1330 g/mol. The molecule has 17 nitrogen and oxygen atoms in total. The summed E-state index contributed by atoms with van der Waals surface area (Å²) in [5, 5.41) is 10.6. The molecule has 0 radical (unpaired) electrons. The summed E-state index contributed by atoms with van der Waals surface area (Å²) in [5.74, 6) is -2.61. The van der Waals surface area contributed by atoms with Crippen molar-refractivity contribution in [3.05, 3.63) is 207 Å². The minimum absolute atomic E-state index is 0.00572. The molecule has 19 heteroatoms. The number of hydrogen-bond donors (Lipinski definition) is 3. The first-order valence-corrected chi connectivity index (χ1v) is 40.3. The third-order valence-corrected chi connectivity index (χ3v) is 16.2. The maximum atomic E-state index is 13.1. The number of aliphatic hydroxyl groups is 1. The average molecular weight is 1460 g/mol. The molecule has 0 aliphatic heterocycles. The van der Waals surface area contributed by atoms with Crippen LogP contribution in [0.1, 0.15) is 233 Å². The van der Waals surface area contributed by atoms with Gasteiger partial charge < -0.3 is 33.8 Å². The molecule has 0 aliphatic rings. The highest BCUT2D eigenvalue weighted by Gasteiger charge is 2.30. The van der Waals surface area contributed by atoms with Gasteiger partial charge in [0.05, 0.1) is 39.3 Å². The summed E-state index contributed by atoms with van der Waals surface area (Å²) in [4.78, 5) is 72.7. The molecule has 5 unspecified atom stereocenters. The molecule has 0 saturated carbocycles. The number of allylic oxidation sites excluding steroid dienone is 32. The quantitative estimate of drug-likeness (QED) is 0.0169.